The Bertz CT molecular complexity index is 462. The molecule has 1 saturated carbocycles. The lowest BCUT2D eigenvalue weighted by atomic mass is 10.1. The highest BCUT2D eigenvalue weighted by atomic mass is 32.2. The van der Waals surface area contributed by atoms with Gasteiger partial charge < -0.3 is 5.32 Å². The van der Waals surface area contributed by atoms with Crippen LogP contribution in [-0.2, 0) is 16.4 Å². The van der Waals surface area contributed by atoms with E-state index in [-0.39, 0.29) is 5.25 Å². The molecule has 0 bridgehead atoms. The van der Waals surface area contributed by atoms with Crippen LogP contribution in [0.15, 0.2) is 17.5 Å². The number of thiophene rings is 1. The molecule has 3 nitrogen and oxygen atoms in total. The fourth-order valence-electron chi connectivity index (χ4n) is 2.61. The van der Waals surface area contributed by atoms with E-state index < -0.39 is 9.84 Å². The summed E-state index contributed by atoms with van der Waals surface area (Å²) in [7, 11) is -2.94. The summed E-state index contributed by atoms with van der Waals surface area (Å²) >= 11 is 1.70. The molecule has 1 unspecified atom stereocenters. The van der Waals surface area contributed by atoms with Gasteiger partial charge in [0.25, 0.3) is 0 Å². The summed E-state index contributed by atoms with van der Waals surface area (Å²) in [5, 5.41) is 5.00. The third-order valence-corrected chi connectivity index (χ3v) is 7.07. The van der Waals surface area contributed by atoms with Gasteiger partial charge in [0.1, 0.15) is 0 Å². The molecule has 1 atom stereocenters. The Hall–Kier alpha value is -0.390. The smallest absolute Gasteiger partial charge is 0.154 e. The minimum absolute atomic E-state index is 0.284. The molecule has 108 valence electrons. The van der Waals surface area contributed by atoms with Crippen LogP contribution in [0.25, 0.3) is 0 Å². The molecule has 1 fully saturated rings. The molecule has 1 aromatic heterocycles. The van der Waals surface area contributed by atoms with Crippen molar-refractivity contribution in [2.75, 3.05) is 12.3 Å². The first-order valence-corrected chi connectivity index (χ1v) is 9.62. The maximum Gasteiger partial charge on any atom is 0.154 e. The molecule has 0 aliphatic heterocycles. The van der Waals surface area contributed by atoms with Crippen LogP contribution >= 0.6 is 11.3 Å². The predicted octanol–water partition coefficient (Wildman–Crippen LogP) is 2.83. The summed E-state index contributed by atoms with van der Waals surface area (Å²) < 4.78 is 24.5. The highest BCUT2D eigenvalue weighted by Gasteiger charge is 2.26. The average molecular weight is 301 g/mol. The van der Waals surface area contributed by atoms with Gasteiger partial charge in [-0.25, -0.2) is 8.42 Å². The zero-order valence-corrected chi connectivity index (χ0v) is 13.1. The molecule has 5 heteroatoms. The highest BCUT2D eigenvalue weighted by molar-refractivity contribution is 7.92. The number of rotatable bonds is 7. The van der Waals surface area contributed by atoms with Gasteiger partial charge in [0, 0.05) is 18.0 Å². The topological polar surface area (TPSA) is 46.2 Å². The van der Waals surface area contributed by atoms with E-state index >= 15 is 0 Å². The standard InChI is InChI=1S/C14H23NO2S2/c1-12(9-15-10-14-7-4-8-18-14)19(16,17)11-13-5-2-3-6-13/h4,7-8,12-13,15H,2-3,5-6,9-11H2,1H3. The quantitative estimate of drug-likeness (QED) is 0.842. The number of hydrogen-bond donors (Lipinski definition) is 1. The van der Waals surface area contributed by atoms with Crippen LogP contribution in [0.4, 0.5) is 0 Å². The van der Waals surface area contributed by atoms with E-state index in [1.54, 1.807) is 11.3 Å². The van der Waals surface area contributed by atoms with Gasteiger partial charge in [-0.3, -0.25) is 0 Å². The van der Waals surface area contributed by atoms with Crippen LogP contribution in [-0.4, -0.2) is 26.0 Å². The molecule has 0 aromatic carbocycles. The largest absolute Gasteiger partial charge is 0.311 e. The van der Waals surface area contributed by atoms with Gasteiger partial charge in [0.05, 0.1) is 11.0 Å². The number of nitrogens with one attached hydrogen (secondary N) is 1. The summed E-state index contributed by atoms with van der Waals surface area (Å²) in [6.07, 6.45) is 4.58. The lowest BCUT2D eigenvalue weighted by Crippen LogP contribution is -2.33. The Morgan fingerprint density at radius 1 is 1.42 bits per heavy atom. The predicted molar refractivity (Wildman–Crippen MR) is 81.2 cm³/mol. The van der Waals surface area contributed by atoms with Gasteiger partial charge in [0.2, 0.25) is 0 Å². The minimum Gasteiger partial charge on any atom is -0.311 e. The molecule has 0 radical (unpaired) electrons. The first-order chi connectivity index (χ1) is 9.08. The molecule has 1 N–H and O–H groups in total. The first-order valence-electron chi connectivity index (χ1n) is 7.02. The van der Waals surface area contributed by atoms with E-state index in [0.29, 0.717) is 18.2 Å². The molecule has 1 aliphatic carbocycles. The van der Waals surface area contributed by atoms with Crippen molar-refractivity contribution in [3.63, 3.8) is 0 Å². The second-order valence-corrected chi connectivity index (χ2v) is 9.00. The molecule has 0 amide bonds. The van der Waals surface area contributed by atoms with Crippen molar-refractivity contribution in [1.82, 2.24) is 5.32 Å². The summed E-state index contributed by atoms with van der Waals surface area (Å²) in [6, 6.07) is 4.08. The zero-order valence-electron chi connectivity index (χ0n) is 11.5. The minimum atomic E-state index is -2.94. The molecule has 1 aromatic rings. The summed E-state index contributed by atoms with van der Waals surface area (Å²) in [4.78, 5) is 1.25. The van der Waals surface area contributed by atoms with Crippen LogP contribution in [0.1, 0.15) is 37.5 Å². The Morgan fingerprint density at radius 2 is 2.16 bits per heavy atom. The molecule has 2 rings (SSSR count). The second kappa shape index (κ2) is 6.86. The van der Waals surface area contributed by atoms with Crippen molar-refractivity contribution >= 4 is 21.2 Å². The van der Waals surface area contributed by atoms with Crippen molar-refractivity contribution < 1.29 is 8.42 Å². The van der Waals surface area contributed by atoms with Crippen molar-refractivity contribution in [3.8, 4) is 0 Å². The number of hydrogen-bond acceptors (Lipinski definition) is 4. The van der Waals surface area contributed by atoms with Gasteiger partial charge in [-0.15, -0.1) is 11.3 Å². The molecule has 0 saturated heterocycles. The van der Waals surface area contributed by atoms with Gasteiger partial charge in [-0.2, -0.15) is 0 Å². The Kier molecular flexibility index (Phi) is 5.42. The van der Waals surface area contributed by atoms with Crippen LogP contribution in [0.2, 0.25) is 0 Å². The Balaban J connectivity index is 1.75. The summed E-state index contributed by atoms with van der Waals surface area (Å²) in [5.74, 6) is 0.791. The zero-order chi connectivity index (χ0) is 13.7. The highest BCUT2D eigenvalue weighted by Crippen LogP contribution is 2.26. The van der Waals surface area contributed by atoms with Gasteiger partial charge in [-0.05, 0) is 37.1 Å². The summed E-state index contributed by atoms with van der Waals surface area (Å²) in [6.45, 7) is 3.14. The second-order valence-electron chi connectivity index (χ2n) is 5.50. The molecule has 1 aliphatic rings. The van der Waals surface area contributed by atoms with Crippen LogP contribution in [0, 0.1) is 5.92 Å². The molecular formula is C14H23NO2S2. The maximum atomic E-state index is 12.2. The van der Waals surface area contributed by atoms with Crippen molar-refractivity contribution in [2.24, 2.45) is 5.92 Å². The van der Waals surface area contributed by atoms with E-state index in [9.17, 15) is 8.42 Å². The van der Waals surface area contributed by atoms with Crippen LogP contribution < -0.4 is 5.32 Å². The van der Waals surface area contributed by atoms with E-state index in [0.717, 1.165) is 19.4 Å². The number of sulfone groups is 1. The Morgan fingerprint density at radius 3 is 2.79 bits per heavy atom. The fraction of sp³-hybridized carbons (Fsp3) is 0.714. The molecular weight excluding hydrogens is 278 g/mol. The van der Waals surface area contributed by atoms with Crippen molar-refractivity contribution in [2.45, 2.75) is 44.4 Å². The summed E-state index contributed by atoms with van der Waals surface area (Å²) in [5.41, 5.74) is 0. The van der Waals surface area contributed by atoms with Gasteiger partial charge in [-0.1, -0.05) is 18.9 Å². The monoisotopic (exact) mass is 301 g/mol. The van der Waals surface area contributed by atoms with Crippen LogP contribution in [0.5, 0.6) is 0 Å². The first kappa shape index (κ1) is 15.0. The van der Waals surface area contributed by atoms with E-state index in [1.807, 2.05) is 18.4 Å². The lowest BCUT2D eigenvalue weighted by Gasteiger charge is -2.16. The SMILES string of the molecule is CC(CNCc1cccs1)S(=O)(=O)CC1CCCC1. The van der Waals surface area contributed by atoms with Crippen molar-refractivity contribution in [3.05, 3.63) is 22.4 Å². The van der Waals surface area contributed by atoms with Gasteiger partial charge >= 0.3 is 0 Å². The fourth-order valence-corrected chi connectivity index (χ4v) is 4.97. The van der Waals surface area contributed by atoms with E-state index in [1.165, 1.54) is 17.7 Å². The molecule has 0 spiro atoms. The maximum absolute atomic E-state index is 12.2. The third kappa shape index (κ3) is 4.58. The lowest BCUT2D eigenvalue weighted by molar-refractivity contribution is 0.542. The van der Waals surface area contributed by atoms with Crippen molar-refractivity contribution in [1.29, 1.82) is 0 Å². The Labute approximate surface area is 120 Å². The van der Waals surface area contributed by atoms with E-state index in [2.05, 4.69) is 11.4 Å². The van der Waals surface area contributed by atoms with Crippen LogP contribution in [0.3, 0.4) is 0 Å². The van der Waals surface area contributed by atoms with E-state index in [4.69, 9.17) is 0 Å². The molecule has 19 heavy (non-hydrogen) atoms. The average Bonchev–Trinajstić information content (AvgIpc) is 3.01. The molecule has 1 heterocycles. The third-order valence-electron chi connectivity index (χ3n) is 3.87. The normalized spacial score (nSPS) is 18.8. The van der Waals surface area contributed by atoms with Gasteiger partial charge in [0.15, 0.2) is 9.84 Å².